The summed E-state index contributed by atoms with van der Waals surface area (Å²) in [4.78, 5) is 22.4. The lowest BCUT2D eigenvalue weighted by Gasteiger charge is -2.06. The fourth-order valence-electron chi connectivity index (χ4n) is 5.64. The van der Waals surface area contributed by atoms with E-state index in [0.717, 1.165) is 45.6 Å². The summed E-state index contributed by atoms with van der Waals surface area (Å²) in [6.07, 6.45) is 12.3. The van der Waals surface area contributed by atoms with Crippen LogP contribution in [0.2, 0.25) is 0 Å². The quantitative estimate of drug-likeness (QED) is 0.189. The van der Waals surface area contributed by atoms with Crippen LogP contribution in [0.3, 0.4) is 0 Å². The Hall–Kier alpha value is -6.60. The van der Waals surface area contributed by atoms with E-state index in [4.69, 9.17) is 4.98 Å². The molecule has 6 heterocycles. The smallest absolute Gasteiger partial charge is 0.253 e. The predicted octanol–water partition coefficient (Wildman–Crippen LogP) is 6.60. The number of rotatable bonds is 8. The van der Waals surface area contributed by atoms with E-state index in [1.807, 2.05) is 127 Å². The van der Waals surface area contributed by atoms with Crippen LogP contribution in [0.25, 0.3) is 58.2 Å². The second kappa shape index (κ2) is 14.7. The minimum atomic E-state index is -0.479. The molecule has 0 amide bonds. The molecular weight excluding hydrogens is 658 g/mol. The van der Waals surface area contributed by atoms with E-state index in [0.29, 0.717) is 24.0 Å². The van der Waals surface area contributed by atoms with Gasteiger partial charge in [0.05, 0.1) is 17.5 Å². The summed E-state index contributed by atoms with van der Waals surface area (Å²) >= 11 is 0. The van der Waals surface area contributed by atoms with Crippen LogP contribution in [0.1, 0.15) is 41.6 Å². The highest BCUT2D eigenvalue weighted by molar-refractivity contribution is 5.68. The second-order valence-electron chi connectivity index (χ2n) is 12.3. The minimum Gasteiger partial charge on any atom is -0.392 e. The van der Waals surface area contributed by atoms with Gasteiger partial charge in [0.25, 0.3) is 5.78 Å². The fraction of sp³-hybridized carbons (Fsp3) is 0.154. The van der Waals surface area contributed by atoms with Gasteiger partial charge in [-0.1, -0.05) is 60.7 Å². The lowest BCUT2D eigenvalue weighted by molar-refractivity contribution is 0.173. The number of aliphatic hydroxyl groups is 1. The first kappa shape index (κ1) is 33.9. The molecule has 1 N–H and O–H groups in total. The van der Waals surface area contributed by atoms with Crippen molar-refractivity contribution in [3.8, 4) is 22.5 Å². The van der Waals surface area contributed by atoms with Crippen LogP contribution >= 0.6 is 0 Å². The molecule has 8 aromatic rings. The number of benzene rings is 2. The molecule has 1 atom stereocenters. The Labute approximate surface area is 299 Å². The third kappa shape index (κ3) is 7.59. The molecule has 0 aliphatic rings. The largest absolute Gasteiger partial charge is 0.392 e. The Morgan fingerprint density at radius 1 is 0.731 bits per heavy atom. The monoisotopic (exact) mass is 693 g/mol. The number of aliphatic hydroxyl groups excluding tert-OH is 1. The van der Waals surface area contributed by atoms with E-state index in [-0.39, 0.29) is 5.65 Å². The molecule has 0 radical (unpaired) electrons. The maximum Gasteiger partial charge on any atom is 0.253 e. The van der Waals surface area contributed by atoms with Crippen LogP contribution in [-0.4, -0.2) is 64.5 Å². The first-order valence-electron chi connectivity index (χ1n) is 16.7. The highest BCUT2D eigenvalue weighted by atomic mass is 19.1. The van der Waals surface area contributed by atoms with Crippen molar-refractivity contribution in [3.63, 3.8) is 0 Å². The van der Waals surface area contributed by atoms with Crippen LogP contribution < -0.4 is 0 Å². The first-order chi connectivity index (χ1) is 25.2. The molecular formula is C39H36FN11O. The van der Waals surface area contributed by atoms with Crippen LogP contribution in [0.15, 0.2) is 97.5 Å². The zero-order chi connectivity index (χ0) is 36.2. The molecule has 260 valence electrons. The molecule has 52 heavy (non-hydrogen) atoms. The number of nitrogens with zero attached hydrogens (tertiary/aromatic N) is 11. The van der Waals surface area contributed by atoms with Crippen LogP contribution in [0.4, 0.5) is 4.39 Å². The van der Waals surface area contributed by atoms with Crippen molar-refractivity contribution >= 4 is 35.7 Å². The summed E-state index contributed by atoms with van der Waals surface area (Å²) in [5, 5.41) is 18.6. The normalized spacial score (nSPS) is 12.3. The van der Waals surface area contributed by atoms with Gasteiger partial charge in [-0.3, -0.25) is 0 Å². The molecule has 0 unspecified atom stereocenters. The predicted molar refractivity (Wildman–Crippen MR) is 199 cm³/mol. The van der Waals surface area contributed by atoms with E-state index in [9.17, 15) is 9.50 Å². The Balaban J connectivity index is 0.000000164. The summed E-state index contributed by atoms with van der Waals surface area (Å²) in [5.74, 6) is 2.69. The number of pyridine rings is 1. The van der Waals surface area contributed by atoms with Crippen molar-refractivity contribution in [2.45, 2.75) is 33.4 Å². The number of aryl methyl sites for hydroxylation is 3. The van der Waals surface area contributed by atoms with Crippen molar-refractivity contribution < 1.29 is 9.50 Å². The van der Waals surface area contributed by atoms with Gasteiger partial charge in [0, 0.05) is 54.7 Å². The maximum absolute atomic E-state index is 13.7. The van der Waals surface area contributed by atoms with Crippen molar-refractivity contribution in [3.05, 3.63) is 138 Å². The van der Waals surface area contributed by atoms with E-state index < -0.39 is 11.9 Å². The van der Waals surface area contributed by atoms with Crippen molar-refractivity contribution in [2.24, 2.45) is 7.05 Å². The number of aromatic nitrogens is 11. The van der Waals surface area contributed by atoms with Crippen molar-refractivity contribution in [1.82, 2.24) is 53.3 Å². The Kier molecular flexibility index (Phi) is 9.58. The van der Waals surface area contributed by atoms with Crippen molar-refractivity contribution in [2.75, 3.05) is 0 Å². The number of halogens is 1. The van der Waals surface area contributed by atoms with Crippen LogP contribution in [0.5, 0.6) is 0 Å². The van der Waals surface area contributed by atoms with E-state index in [1.54, 1.807) is 29.8 Å². The summed E-state index contributed by atoms with van der Waals surface area (Å²) in [6, 6.07) is 24.9. The molecule has 0 aliphatic heterocycles. The lowest BCUT2D eigenvalue weighted by atomic mass is 10.2. The maximum atomic E-state index is 13.7. The zero-order valence-corrected chi connectivity index (χ0v) is 29.1. The molecule has 0 saturated heterocycles. The minimum absolute atomic E-state index is 0.210. The van der Waals surface area contributed by atoms with Gasteiger partial charge >= 0.3 is 0 Å². The summed E-state index contributed by atoms with van der Waals surface area (Å²) < 4.78 is 20.7. The van der Waals surface area contributed by atoms with Gasteiger partial charge in [-0.25, -0.2) is 33.4 Å². The van der Waals surface area contributed by atoms with Gasteiger partial charge in [0.2, 0.25) is 0 Å². The first-order valence-corrected chi connectivity index (χ1v) is 16.7. The van der Waals surface area contributed by atoms with E-state index in [2.05, 4.69) is 30.1 Å². The zero-order valence-electron chi connectivity index (χ0n) is 29.1. The van der Waals surface area contributed by atoms with E-state index >= 15 is 0 Å². The second-order valence-corrected chi connectivity index (χ2v) is 12.3. The summed E-state index contributed by atoms with van der Waals surface area (Å²) in [6.45, 7) is 6.13. The molecule has 2 aromatic carbocycles. The van der Waals surface area contributed by atoms with Gasteiger partial charge in [0.15, 0.2) is 23.1 Å². The molecule has 12 nitrogen and oxygen atoms in total. The van der Waals surface area contributed by atoms with Gasteiger partial charge < -0.3 is 14.2 Å². The lowest BCUT2D eigenvalue weighted by Crippen LogP contribution is -2.12. The summed E-state index contributed by atoms with van der Waals surface area (Å²) in [5.41, 5.74) is 5.94. The molecule has 6 aromatic heterocycles. The Bertz CT molecular complexity index is 2530. The number of hydrogen-bond donors (Lipinski definition) is 1. The molecule has 13 heteroatoms. The third-order valence-electron chi connectivity index (χ3n) is 8.05. The SMILES string of the molecule is Cc1cc(C)n2nc(C=Cc3nc(-c4ccccc4)cn3C[C@@H](C)O)nc2n1.Cn1cc(-c2ccccc2)nc1C=Cc1nc2c(F)cccn2n1. The van der Waals surface area contributed by atoms with Gasteiger partial charge in [-0.05, 0) is 63.3 Å². The fourth-order valence-corrected chi connectivity index (χ4v) is 5.64. The average Bonchev–Trinajstić information content (AvgIpc) is 3.93. The van der Waals surface area contributed by atoms with Crippen LogP contribution in [-0.2, 0) is 13.6 Å². The highest BCUT2D eigenvalue weighted by Crippen LogP contribution is 2.21. The highest BCUT2D eigenvalue weighted by Gasteiger charge is 2.11. The summed E-state index contributed by atoms with van der Waals surface area (Å²) in [7, 11) is 1.93. The Morgan fingerprint density at radius 2 is 1.37 bits per heavy atom. The average molecular weight is 694 g/mol. The molecule has 0 aliphatic carbocycles. The van der Waals surface area contributed by atoms with Crippen LogP contribution in [0, 0.1) is 19.7 Å². The number of imidazole rings is 2. The molecule has 0 fully saturated rings. The molecule has 8 rings (SSSR count). The van der Waals surface area contributed by atoms with Gasteiger partial charge in [-0.15, -0.1) is 10.2 Å². The number of fused-ring (bicyclic) bond motifs is 2. The molecule has 0 bridgehead atoms. The molecule has 0 saturated carbocycles. The number of hydrogen-bond acceptors (Lipinski definition) is 8. The Morgan fingerprint density at radius 3 is 2.04 bits per heavy atom. The van der Waals surface area contributed by atoms with Gasteiger partial charge in [0.1, 0.15) is 11.6 Å². The third-order valence-corrected chi connectivity index (χ3v) is 8.05. The molecule has 0 spiro atoms. The van der Waals surface area contributed by atoms with E-state index in [1.165, 1.54) is 10.6 Å². The van der Waals surface area contributed by atoms with Crippen molar-refractivity contribution in [1.29, 1.82) is 0 Å². The standard InChI is InChI=1S/C21H22N6O.C18H14FN5/c1-14-11-15(2)27-21(22-14)24-19(25-27)9-10-20-23-18(13-26(20)12-16(3)28)17-7-5-4-6-8-17;1-23-12-15(13-6-3-2-4-7-13)20-17(23)10-9-16-21-18-14(19)8-5-11-24(18)22-16/h4-11,13,16,28H,12H2,1-3H3;2-12H,1H3/t16-;/m1./s1. The van der Waals surface area contributed by atoms with Gasteiger partial charge in [-0.2, -0.15) is 4.98 Å². The topological polar surface area (TPSA) is 129 Å².